The number of pyridine rings is 1. The second-order valence-electron chi connectivity index (χ2n) is 6.32. The fourth-order valence-corrected chi connectivity index (χ4v) is 1.61. The second-order valence-corrected chi connectivity index (χ2v) is 6.32. The van der Waals surface area contributed by atoms with E-state index in [-0.39, 0.29) is 0 Å². The predicted octanol–water partition coefficient (Wildman–Crippen LogP) is 3.15. The Morgan fingerprint density at radius 2 is 2.11 bits per heavy atom. The van der Waals surface area contributed by atoms with Gasteiger partial charge in [-0.25, -0.2) is 4.98 Å². The molecule has 0 aromatic carbocycles. The SMILES string of the molecule is CC(C)(C)CCOc1ccc(CNC2CC2)cn1. The van der Waals surface area contributed by atoms with Gasteiger partial charge in [0.2, 0.25) is 5.88 Å². The van der Waals surface area contributed by atoms with Crippen LogP contribution in [0.2, 0.25) is 0 Å². The Bertz CT molecular complexity index is 363. The molecule has 0 bridgehead atoms. The van der Waals surface area contributed by atoms with E-state index in [2.05, 4.69) is 37.1 Å². The van der Waals surface area contributed by atoms with Crippen LogP contribution in [0, 0.1) is 5.41 Å². The predicted molar refractivity (Wildman–Crippen MR) is 73.7 cm³/mol. The number of nitrogens with zero attached hydrogens (tertiary/aromatic N) is 1. The third kappa shape index (κ3) is 5.05. The van der Waals surface area contributed by atoms with Crippen molar-refractivity contribution in [3.63, 3.8) is 0 Å². The highest BCUT2D eigenvalue weighted by Crippen LogP contribution is 2.20. The van der Waals surface area contributed by atoms with Gasteiger partial charge in [-0.3, -0.25) is 0 Å². The molecule has 0 atom stereocenters. The van der Waals surface area contributed by atoms with Gasteiger partial charge in [0.05, 0.1) is 6.61 Å². The van der Waals surface area contributed by atoms with Gasteiger partial charge in [0.15, 0.2) is 0 Å². The molecule has 0 aliphatic heterocycles. The third-order valence-electron chi connectivity index (χ3n) is 3.07. The highest BCUT2D eigenvalue weighted by Gasteiger charge is 2.19. The van der Waals surface area contributed by atoms with Crippen LogP contribution in [-0.4, -0.2) is 17.6 Å². The summed E-state index contributed by atoms with van der Waals surface area (Å²) in [6.07, 6.45) is 5.59. The summed E-state index contributed by atoms with van der Waals surface area (Å²) in [6.45, 7) is 8.30. The van der Waals surface area contributed by atoms with E-state index >= 15 is 0 Å². The molecule has 3 heteroatoms. The van der Waals surface area contributed by atoms with Crippen LogP contribution in [0.25, 0.3) is 0 Å². The highest BCUT2D eigenvalue weighted by molar-refractivity contribution is 5.17. The van der Waals surface area contributed by atoms with E-state index in [1.807, 2.05) is 12.3 Å². The second kappa shape index (κ2) is 5.70. The van der Waals surface area contributed by atoms with Crippen molar-refractivity contribution in [2.24, 2.45) is 5.41 Å². The van der Waals surface area contributed by atoms with Crippen molar-refractivity contribution in [3.8, 4) is 5.88 Å². The first-order chi connectivity index (χ1) is 8.53. The van der Waals surface area contributed by atoms with Crippen LogP contribution in [0.1, 0.15) is 45.6 Å². The Labute approximate surface area is 110 Å². The normalized spacial score (nSPS) is 15.7. The topological polar surface area (TPSA) is 34.1 Å². The van der Waals surface area contributed by atoms with Crippen LogP contribution < -0.4 is 10.1 Å². The molecule has 3 nitrogen and oxygen atoms in total. The maximum Gasteiger partial charge on any atom is 0.213 e. The Balaban J connectivity index is 1.72. The summed E-state index contributed by atoms with van der Waals surface area (Å²) in [5, 5.41) is 3.47. The van der Waals surface area contributed by atoms with Crippen molar-refractivity contribution >= 4 is 0 Å². The molecular weight excluding hydrogens is 224 g/mol. The molecule has 1 aromatic heterocycles. The van der Waals surface area contributed by atoms with Crippen LogP contribution in [0.5, 0.6) is 5.88 Å². The molecule has 1 N–H and O–H groups in total. The summed E-state index contributed by atoms with van der Waals surface area (Å²) in [4.78, 5) is 4.33. The molecule has 1 saturated carbocycles. The lowest BCUT2D eigenvalue weighted by Gasteiger charge is -2.17. The summed E-state index contributed by atoms with van der Waals surface area (Å²) >= 11 is 0. The molecule has 1 aromatic rings. The molecule has 0 saturated heterocycles. The quantitative estimate of drug-likeness (QED) is 0.839. The molecule has 1 aliphatic carbocycles. The van der Waals surface area contributed by atoms with Crippen molar-refractivity contribution in [1.29, 1.82) is 0 Å². The van der Waals surface area contributed by atoms with E-state index in [1.165, 1.54) is 18.4 Å². The van der Waals surface area contributed by atoms with Gasteiger partial charge in [-0.2, -0.15) is 0 Å². The zero-order valence-corrected chi connectivity index (χ0v) is 11.7. The lowest BCUT2D eigenvalue weighted by molar-refractivity contribution is 0.236. The van der Waals surface area contributed by atoms with Gasteiger partial charge in [0.25, 0.3) is 0 Å². The fourth-order valence-electron chi connectivity index (χ4n) is 1.61. The van der Waals surface area contributed by atoms with E-state index in [4.69, 9.17) is 4.74 Å². The molecule has 2 rings (SSSR count). The van der Waals surface area contributed by atoms with Crippen LogP contribution in [0.3, 0.4) is 0 Å². The number of aromatic nitrogens is 1. The van der Waals surface area contributed by atoms with E-state index in [1.54, 1.807) is 0 Å². The summed E-state index contributed by atoms with van der Waals surface area (Å²) in [6, 6.07) is 4.80. The highest BCUT2D eigenvalue weighted by atomic mass is 16.5. The first kappa shape index (κ1) is 13.3. The van der Waals surface area contributed by atoms with Crippen LogP contribution in [0.15, 0.2) is 18.3 Å². The average Bonchev–Trinajstić information content (AvgIpc) is 3.10. The minimum atomic E-state index is 0.314. The van der Waals surface area contributed by atoms with Gasteiger partial charge in [-0.15, -0.1) is 0 Å². The maximum atomic E-state index is 5.64. The smallest absolute Gasteiger partial charge is 0.213 e. The summed E-state index contributed by atoms with van der Waals surface area (Å²) in [7, 11) is 0. The van der Waals surface area contributed by atoms with Gasteiger partial charge in [0, 0.05) is 24.8 Å². The van der Waals surface area contributed by atoms with E-state index < -0.39 is 0 Å². The third-order valence-corrected chi connectivity index (χ3v) is 3.07. The first-order valence-corrected chi connectivity index (χ1v) is 6.84. The van der Waals surface area contributed by atoms with Crippen molar-refractivity contribution in [2.45, 2.75) is 52.6 Å². The number of hydrogen-bond donors (Lipinski definition) is 1. The van der Waals surface area contributed by atoms with Crippen molar-refractivity contribution in [1.82, 2.24) is 10.3 Å². The molecule has 1 fully saturated rings. The van der Waals surface area contributed by atoms with E-state index in [0.717, 1.165) is 31.5 Å². The minimum Gasteiger partial charge on any atom is -0.478 e. The largest absolute Gasteiger partial charge is 0.478 e. The lowest BCUT2D eigenvalue weighted by atomic mass is 9.93. The minimum absolute atomic E-state index is 0.314. The van der Waals surface area contributed by atoms with Crippen molar-refractivity contribution in [3.05, 3.63) is 23.9 Å². The average molecular weight is 248 g/mol. The standard InChI is InChI=1S/C15H24N2O/c1-15(2,3)8-9-18-14-7-4-12(11-17-14)10-16-13-5-6-13/h4,7,11,13,16H,5-6,8-10H2,1-3H3. The fraction of sp³-hybridized carbons (Fsp3) is 0.667. The summed E-state index contributed by atoms with van der Waals surface area (Å²) in [5.74, 6) is 0.731. The van der Waals surface area contributed by atoms with Crippen molar-refractivity contribution < 1.29 is 4.74 Å². The van der Waals surface area contributed by atoms with E-state index in [9.17, 15) is 0 Å². The summed E-state index contributed by atoms with van der Waals surface area (Å²) < 4.78 is 5.64. The van der Waals surface area contributed by atoms with Gasteiger partial charge in [-0.05, 0) is 30.2 Å². The number of ether oxygens (including phenoxy) is 1. The zero-order valence-electron chi connectivity index (χ0n) is 11.7. The Hall–Kier alpha value is -1.09. The molecule has 0 unspecified atom stereocenters. The number of hydrogen-bond acceptors (Lipinski definition) is 3. The molecule has 0 amide bonds. The molecule has 1 aliphatic rings. The molecule has 1 heterocycles. The molecule has 18 heavy (non-hydrogen) atoms. The van der Waals surface area contributed by atoms with Crippen molar-refractivity contribution in [2.75, 3.05) is 6.61 Å². The molecule has 0 radical (unpaired) electrons. The van der Waals surface area contributed by atoms with Crippen LogP contribution in [-0.2, 0) is 6.54 Å². The Morgan fingerprint density at radius 1 is 1.33 bits per heavy atom. The maximum absolute atomic E-state index is 5.64. The molecule has 100 valence electrons. The Kier molecular flexibility index (Phi) is 4.23. The van der Waals surface area contributed by atoms with Gasteiger partial charge >= 0.3 is 0 Å². The number of rotatable bonds is 6. The van der Waals surface area contributed by atoms with Crippen LogP contribution in [0.4, 0.5) is 0 Å². The van der Waals surface area contributed by atoms with E-state index in [0.29, 0.717) is 5.41 Å². The monoisotopic (exact) mass is 248 g/mol. The molecule has 0 spiro atoms. The van der Waals surface area contributed by atoms with Gasteiger partial charge in [-0.1, -0.05) is 26.8 Å². The lowest BCUT2D eigenvalue weighted by Crippen LogP contribution is -2.15. The number of nitrogens with one attached hydrogen (secondary N) is 1. The van der Waals surface area contributed by atoms with Gasteiger partial charge in [0.1, 0.15) is 0 Å². The first-order valence-electron chi connectivity index (χ1n) is 6.84. The Morgan fingerprint density at radius 3 is 2.67 bits per heavy atom. The van der Waals surface area contributed by atoms with Gasteiger partial charge < -0.3 is 10.1 Å². The summed E-state index contributed by atoms with van der Waals surface area (Å²) in [5.41, 5.74) is 1.54. The molecular formula is C15H24N2O. The van der Waals surface area contributed by atoms with Crippen LogP contribution >= 0.6 is 0 Å². The zero-order chi connectivity index (χ0) is 13.0.